The van der Waals surface area contributed by atoms with E-state index in [2.05, 4.69) is 28.1 Å². The summed E-state index contributed by atoms with van der Waals surface area (Å²) in [6.45, 7) is 3.63. The Morgan fingerprint density at radius 3 is 2.81 bits per heavy atom. The number of benzene rings is 2. The molecule has 4 nitrogen and oxygen atoms in total. The SMILES string of the molecule is C[C@H](OC(=O)[C@@H]1CCCN1Cc1ccccc1)c1cnc2ccccc2c1. The number of ether oxygens (including phenoxy) is 1. The largest absolute Gasteiger partial charge is 0.457 e. The van der Waals surface area contributed by atoms with Crippen LogP contribution in [0.5, 0.6) is 0 Å². The third kappa shape index (κ3) is 4.01. The van der Waals surface area contributed by atoms with Crippen LogP contribution < -0.4 is 0 Å². The lowest BCUT2D eigenvalue weighted by molar-refractivity contribution is -0.154. The van der Waals surface area contributed by atoms with Gasteiger partial charge in [-0.1, -0.05) is 48.5 Å². The first-order chi connectivity index (χ1) is 13.2. The van der Waals surface area contributed by atoms with E-state index < -0.39 is 0 Å². The van der Waals surface area contributed by atoms with Gasteiger partial charge in [0, 0.05) is 23.7 Å². The molecule has 0 bridgehead atoms. The van der Waals surface area contributed by atoms with E-state index in [1.54, 1.807) is 6.20 Å². The van der Waals surface area contributed by atoms with E-state index in [-0.39, 0.29) is 18.1 Å². The summed E-state index contributed by atoms with van der Waals surface area (Å²) in [5, 5.41) is 1.06. The Morgan fingerprint density at radius 2 is 1.96 bits per heavy atom. The molecule has 4 rings (SSSR count). The first-order valence-corrected chi connectivity index (χ1v) is 9.54. The molecule has 1 aliphatic heterocycles. The van der Waals surface area contributed by atoms with Crippen molar-refractivity contribution >= 4 is 16.9 Å². The summed E-state index contributed by atoms with van der Waals surface area (Å²) in [5.41, 5.74) is 3.10. The quantitative estimate of drug-likeness (QED) is 0.628. The van der Waals surface area contributed by atoms with Crippen molar-refractivity contribution in [2.75, 3.05) is 6.54 Å². The number of fused-ring (bicyclic) bond motifs is 1. The second kappa shape index (κ2) is 7.89. The lowest BCUT2D eigenvalue weighted by Crippen LogP contribution is -2.37. The van der Waals surface area contributed by atoms with Crippen molar-refractivity contribution in [2.45, 2.75) is 38.5 Å². The number of rotatable bonds is 5. The number of hydrogen-bond acceptors (Lipinski definition) is 4. The number of para-hydroxylation sites is 1. The zero-order valence-corrected chi connectivity index (χ0v) is 15.5. The Bertz CT molecular complexity index is 926. The number of aromatic nitrogens is 1. The maximum absolute atomic E-state index is 12.8. The van der Waals surface area contributed by atoms with Crippen LogP contribution in [0.25, 0.3) is 10.9 Å². The molecule has 0 spiro atoms. The molecule has 0 unspecified atom stereocenters. The van der Waals surface area contributed by atoms with Crippen molar-refractivity contribution in [3.8, 4) is 0 Å². The lowest BCUT2D eigenvalue weighted by atomic mass is 10.1. The molecule has 0 N–H and O–H groups in total. The topological polar surface area (TPSA) is 42.4 Å². The van der Waals surface area contributed by atoms with Gasteiger partial charge < -0.3 is 4.74 Å². The molecular weight excluding hydrogens is 336 g/mol. The third-order valence-electron chi connectivity index (χ3n) is 5.24. The fourth-order valence-corrected chi connectivity index (χ4v) is 3.73. The van der Waals surface area contributed by atoms with E-state index >= 15 is 0 Å². The molecule has 1 saturated heterocycles. The highest BCUT2D eigenvalue weighted by molar-refractivity contribution is 5.79. The molecule has 4 heteroatoms. The summed E-state index contributed by atoms with van der Waals surface area (Å²) in [5.74, 6) is -0.135. The molecule has 2 aromatic carbocycles. The second-order valence-corrected chi connectivity index (χ2v) is 7.15. The van der Waals surface area contributed by atoms with Crippen LogP contribution in [0.4, 0.5) is 0 Å². The van der Waals surface area contributed by atoms with Crippen molar-refractivity contribution in [3.05, 3.63) is 78.0 Å². The fraction of sp³-hybridized carbons (Fsp3) is 0.304. The Labute approximate surface area is 159 Å². The molecule has 2 atom stereocenters. The summed E-state index contributed by atoms with van der Waals surface area (Å²) in [7, 11) is 0. The number of hydrogen-bond donors (Lipinski definition) is 0. The van der Waals surface area contributed by atoms with Crippen LogP contribution in [-0.4, -0.2) is 28.4 Å². The minimum Gasteiger partial charge on any atom is -0.457 e. The number of esters is 1. The molecule has 0 radical (unpaired) electrons. The van der Waals surface area contributed by atoms with E-state index in [0.29, 0.717) is 0 Å². The van der Waals surface area contributed by atoms with Gasteiger partial charge in [0.05, 0.1) is 5.52 Å². The molecule has 0 amide bonds. The highest BCUT2D eigenvalue weighted by Crippen LogP contribution is 2.25. The molecule has 0 aliphatic carbocycles. The molecule has 0 saturated carbocycles. The van der Waals surface area contributed by atoms with Gasteiger partial charge in [0.2, 0.25) is 0 Å². The van der Waals surface area contributed by atoms with Crippen LogP contribution in [0.1, 0.15) is 37.0 Å². The van der Waals surface area contributed by atoms with E-state index in [4.69, 9.17) is 4.74 Å². The predicted molar refractivity (Wildman–Crippen MR) is 106 cm³/mol. The number of likely N-dealkylation sites (tertiary alicyclic amines) is 1. The van der Waals surface area contributed by atoms with Crippen LogP contribution >= 0.6 is 0 Å². The maximum atomic E-state index is 12.8. The Hall–Kier alpha value is -2.72. The van der Waals surface area contributed by atoms with Gasteiger partial charge in [-0.05, 0) is 44.0 Å². The molecule has 3 aromatic rings. The predicted octanol–water partition coefficient (Wildman–Crippen LogP) is 4.50. The fourth-order valence-electron chi connectivity index (χ4n) is 3.73. The normalized spacial score (nSPS) is 18.5. The Kier molecular flexibility index (Phi) is 5.16. The minimum absolute atomic E-state index is 0.135. The van der Waals surface area contributed by atoms with E-state index in [0.717, 1.165) is 42.4 Å². The monoisotopic (exact) mass is 360 g/mol. The van der Waals surface area contributed by atoms with Crippen LogP contribution in [0.3, 0.4) is 0 Å². The smallest absolute Gasteiger partial charge is 0.323 e. The van der Waals surface area contributed by atoms with Crippen LogP contribution in [0.15, 0.2) is 66.9 Å². The van der Waals surface area contributed by atoms with Gasteiger partial charge in [0.25, 0.3) is 0 Å². The molecule has 1 fully saturated rings. The van der Waals surface area contributed by atoms with Crippen molar-refractivity contribution in [1.29, 1.82) is 0 Å². The summed E-state index contributed by atoms with van der Waals surface area (Å²) in [4.78, 5) is 19.5. The van der Waals surface area contributed by atoms with Crippen molar-refractivity contribution in [3.63, 3.8) is 0 Å². The molecule has 1 aliphatic rings. The molecule has 138 valence electrons. The summed E-state index contributed by atoms with van der Waals surface area (Å²) < 4.78 is 5.82. The minimum atomic E-state index is -0.311. The van der Waals surface area contributed by atoms with Gasteiger partial charge in [-0.3, -0.25) is 14.7 Å². The average Bonchev–Trinajstić information content (AvgIpc) is 3.16. The van der Waals surface area contributed by atoms with Gasteiger partial charge in [0.15, 0.2) is 0 Å². The summed E-state index contributed by atoms with van der Waals surface area (Å²) in [6, 6.07) is 20.1. The van der Waals surface area contributed by atoms with Crippen LogP contribution in [0.2, 0.25) is 0 Å². The average molecular weight is 360 g/mol. The highest BCUT2D eigenvalue weighted by atomic mass is 16.5. The zero-order chi connectivity index (χ0) is 18.6. The standard InChI is InChI=1S/C23H24N2O2/c1-17(20-14-19-10-5-6-11-21(19)24-15-20)27-23(26)22-12-7-13-25(22)16-18-8-3-2-4-9-18/h2-6,8-11,14-15,17,22H,7,12-13,16H2,1H3/t17-,22-/m0/s1. The van der Waals surface area contributed by atoms with Gasteiger partial charge in [0.1, 0.15) is 12.1 Å². The Balaban J connectivity index is 1.43. The van der Waals surface area contributed by atoms with Crippen molar-refractivity contribution < 1.29 is 9.53 Å². The number of carbonyl (C=O) groups is 1. The summed E-state index contributed by atoms with van der Waals surface area (Å²) in [6.07, 6.45) is 3.37. The van der Waals surface area contributed by atoms with Gasteiger partial charge in [-0.15, -0.1) is 0 Å². The number of nitrogens with zero attached hydrogens (tertiary/aromatic N) is 2. The highest BCUT2D eigenvalue weighted by Gasteiger charge is 2.32. The molecule has 2 heterocycles. The molecular formula is C23H24N2O2. The second-order valence-electron chi connectivity index (χ2n) is 7.15. The van der Waals surface area contributed by atoms with E-state index in [1.165, 1.54) is 5.56 Å². The van der Waals surface area contributed by atoms with Gasteiger partial charge >= 0.3 is 5.97 Å². The Morgan fingerprint density at radius 1 is 1.19 bits per heavy atom. The zero-order valence-electron chi connectivity index (χ0n) is 15.5. The van der Waals surface area contributed by atoms with Gasteiger partial charge in [-0.25, -0.2) is 0 Å². The lowest BCUT2D eigenvalue weighted by Gasteiger charge is -2.24. The van der Waals surface area contributed by atoms with Crippen LogP contribution in [0, 0.1) is 0 Å². The van der Waals surface area contributed by atoms with Crippen molar-refractivity contribution in [1.82, 2.24) is 9.88 Å². The van der Waals surface area contributed by atoms with E-state index in [9.17, 15) is 4.79 Å². The first-order valence-electron chi connectivity index (χ1n) is 9.54. The van der Waals surface area contributed by atoms with Gasteiger partial charge in [-0.2, -0.15) is 0 Å². The maximum Gasteiger partial charge on any atom is 0.323 e. The van der Waals surface area contributed by atoms with Crippen molar-refractivity contribution in [2.24, 2.45) is 0 Å². The molecule has 1 aromatic heterocycles. The first kappa shape index (κ1) is 17.7. The third-order valence-corrected chi connectivity index (χ3v) is 5.24. The molecule has 27 heavy (non-hydrogen) atoms. The van der Waals surface area contributed by atoms with Crippen LogP contribution in [-0.2, 0) is 16.1 Å². The number of pyridine rings is 1. The van der Waals surface area contributed by atoms with E-state index in [1.807, 2.05) is 49.4 Å². The summed E-state index contributed by atoms with van der Waals surface area (Å²) >= 11 is 0. The number of carbonyl (C=O) groups excluding carboxylic acids is 1.